The first-order valence-electron chi connectivity index (χ1n) is 6.79. The van der Waals surface area contributed by atoms with E-state index in [4.69, 9.17) is 0 Å². The summed E-state index contributed by atoms with van der Waals surface area (Å²) in [6.07, 6.45) is 3.71. The van der Waals surface area contributed by atoms with Crippen molar-refractivity contribution in [3.05, 3.63) is 11.6 Å². The van der Waals surface area contributed by atoms with Gasteiger partial charge in [0.15, 0.2) is 0 Å². The van der Waals surface area contributed by atoms with Crippen molar-refractivity contribution >= 4 is 11.8 Å². The lowest BCUT2D eigenvalue weighted by Gasteiger charge is -2.35. The molecule has 0 aliphatic carbocycles. The monoisotopic (exact) mass is 254 g/mol. The van der Waals surface area contributed by atoms with Crippen molar-refractivity contribution in [3.63, 3.8) is 0 Å². The van der Waals surface area contributed by atoms with Crippen LogP contribution in [0.25, 0.3) is 0 Å². The first kappa shape index (κ1) is 13.4. The van der Waals surface area contributed by atoms with Gasteiger partial charge in [-0.1, -0.05) is 32.4 Å². The topological polar surface area (TPSA) is 15.3 Å². The molecule has 0 aromatic heterocycles. The highest BCUT2D eigenvalue weighted by Crippen LogP contribution is 2.30. The maximum Gasteiger partial charge on any atom is 0.0286 e. The highest BCUT2D eigenvalue weighted by Gasteiger charge is 2.23. The summed E-state index contributed by atoms with van der Waals surface area (Å²) in [7, 11) is 0. The quantitative estimate of drug-likeness (QED) is 0.762. The molecule has 2 aliphatic rings. The van der Waals surface area contributed by atoms with Gasteiger partial charge in [-0.15, -0.1) is 0 Å². The zero-order valence-corrected chi connectivity index (χ0v) is 12.3. The van der Waals surface area contributed by atoms with E-state index in [2.05, 4.69) is 48.8 Å². The van der Waals surface area contributed by atoms with Crippen molar-refractivity contribution < 1.29 is 0 Å². The number of hydrogen-bond donors (Lipinski definition) is 1. The SMILES string of the molecule is CC(C)(C)C1=CCN(CC2CSCCN2)CC1. The fourth-order valence-corrected chi connectivity index (χ4v) is 3.54. The Hall–Kier alpha value is 0.01000. The summed E-state index contributed by atoms with van der Waals surface area (Å²) in [5, 5.41) is 3.62. The number of nitrogens with zero attached hydrogens (tertiary/aromatic N) is 1. The standard InChI is InChI=1S/C14H26N2S/c1-14(2,3)12-4-7-16(8-5-12)10-13-11-17-9-6-15-13/h4,13,15H,5-11H2,1-3H3. The third kappa shape index (κ3) is 4.01. The second-order valence-electron chi connectivity index (χ2n) is 6.21. The van der Waals surface area contributed by atoms with Crippen molar-refractivity contribution in [3.8, 4) is 0 Å². The van der Waals surface area contributed by atoms with Crippen LogP contribution in [0.3, 0.4) is 0 Å². The molecule has 1 N–H and O–H groups in total. The molecule has 2 nitrogen and oxygen atoms in total. The second kappa shape index (κ2) is 5.77. The molecule has 1 atom stereocenters. The molecule has 98 valence electrons. The van der Waals surface area contributed by atoms with Gasteiger partial charge in [0.2, 0.25) is 0 Å². The van der Waals surface area contributed by atoms with Gasteiger partial charge in [0.25, 0.3) is 0 Å². The molecule has 2 aliphatic heterocycles. The van der Waals surface area contributed by atoms with Crippen LogP contribution in [0.2, 0.25) is 0 Å². The molecule has 2 heterocycles. The Bertz CT molecular complexity index is 274. The fourth-order valence-electron chi connectivity index (χ4n) is 2.61. The van der Waals surface area contributed by atoms with E-state index in [1.807, 2.05) is 0 Å². The Labute approximate surface area is 110 Å². The Kier molecular flexibility index (Phi) is 4.56. The normalized spacial score (nSPS) is 27.9. The van der Waals surface area contributed by atoms with E-state index in [0.29, 0.717) is 11.5 Å². The van der Waals surface area contributed by atoms with Gasteiger partial charge in [-0.2, -0.15) is 11.8 Å². The largest absolute Gasteiger partial charge is 0.311 e. The van der Waals surface area contributed by atoms with Crippen molar-refractivity contribution in [2.75, 3.05) is 37.7 Å². The number of thioether (sulfide) groups is 1. The van der Waals surface area contributed by atoms with Crippen LogP contribution in [0.15, 0.2) is 11.6 Å². The highest BCUT2D eigenvalue weighted by molar-refractivity contribution is 7.99. The molecular weight excluding hydrogens is 228 g/mol. The first-order valence-corrected chi connectivity index (χ1v) is 7.94. The van der Waals surface area contributed by atoms with Gasteiger partial charge in [-0.3, -0.25) is 4.90 Å². The fraction of sp³-hybridized carbons (Fsp3) is 0.857. The molecule has 1 saturated heterocycles. The predicted molar refractivity (Wildman–Crippen MR) is 77.7 cm³/mol. The Morgan fingerprint density at radius 3 is 2.82 bits per heavy atom. The van der Waals surface area contributed by atoms with Crippen LogP contribution in [-0.4, -0.2) is 48.6 Å². The maximum atomic E-state index is 3.62. The van der Waals surface area contributed by atoms with E-state index in [9.17, 15) is 0 Å². The summed E-state index contributed by atoms with van der Waals surface area (Å²) < 4.78 is 0. The Morgan fingerprint density at radius 2 is 2.29 bits per heavy atom. The highest BCUT2D eigenvalue weighted by atomic mass is 32.2. The summed E-state index contributed by atoms with van der Waals surface area (Å²) in [4.78, 5) is 2.60. The van der Waals surface area contributed by atoms with Crippen LogP contribution in [0.4, 0.5) is 0 Å². The van der Waals surface area contributed by atoms with Crippen molar-refractivity contribution in [2.24, 2.45) is 5.41 Å². The van der Waals surface area contributed by atoms with E-state index in [1.165, 1.54) is 37.6 Å². The van der Waals surface area contributed by atoms with Gasteiger partial charge in [-0.05, 0) is 11.8 Å². The third-order valence-electron chi connectivity index (χ3n) is 3.73. The van der Waals surface area contributed by atoms with Crippen LogP contribution >= 0.6 is 11.8 Å². The summed E-state index contributed by atoms with van der Waals surface area (Å²) in [6, 6.07) is 0.707. The molecule has 3 heteroatoms. The van der Waals surface area contributed by atoms with Crippen LogP contribution < -0.4 is 5.32 Å². The lowest BCUT2D eigenvalue weighted by molar-refractivity contribution is 0.254. The lowest BCUT2D eigenvalue weighted by Crippen LogP contribution is -2.47. The molecule has 2 rings (SSSR count). The number of nitrogens with one attached hydrogen (secondary N) is 1. The molecule has 1 unspecified atom stereocenters. The minimum Gasteiger partial charge on any atom is -0.311 e. The average Bonchev–Trinajstić information content (AvgIpc) is 2.30. The van der Waals surface area contributed by atoms with Gasteiger partial charge >= 0.3 is 0 Å². The summed E-state index contributed by atoms with van der Waals surface area (Å²) in [5.41, 5.74) is 2.00. The lowest BCUT2D eigenvalue weighted by atomic mass is 9.83. The third-order valence-corrected chi connectivity index (χ3v) is 4.86. The summed E-state index contributed by atoms with van der Waals surface area (Å²) in [5.74, 6) is 2.57. The molecule has 0 aromatic rings. The first-order chi connectivity index (χ1) is 8.05. The maximum absolute atomic E-state index is 3.62. The van der Waals surface area contributed by atoms with Gasteiger partial charge in [0.1, 0.15) is 0 Å². The van der Waals surface area contributed by atoms with E-state index < -0.39 is 0 Å². The average molecular weight is 254 g/mol. The van der Waals surface area contributed by atoms with E-state index in [-0.39, 0.29) is 0 Å². The minimum absolute atomic E-state index is 0.366. The smallest absolute Gasteiger partial charge is 0.0286 e. The van der Waals surface area contributed by atoms with Crippen LogP contribution in [0.5, 0.6) is 0 Å². The van der Waals surface area contributed by atoms with E-state index in [1.54, 1.807) is 5.57 Å². The molecule has 0 bridgehead atoms. The van der Waals surface area contributed by atoms with E-state index in [0.717, 1.165) is 6.54 Å². The molecule has 0 aromatic carbocycles. The van der Waals surface area contributed by atoms with Gasteiger partial charge in [0.05, 0.1) is 0 Å². The second-order valence-corrected chi connectivity index (χ2v) is 7.36. The van der Waals surface area contributed by atoms with Crippen LogP contribution in [0.1, 0.15) is 27.2 Å². The number of rotatable bonds is 2. The summed E-state index contributed by atoms with van der Waals surface area (Å²) in [6.45, 7) is 11.8. The van der Waals surface area contributed by atoms with Gasteiger partial charge in [0, 0.05) is 43.7 Å². The zero-order chi connectivity index (χ0) is 12.3. The van der Waals surface area contributed by atoms with Crippen molar-refractivity contribution in [1.82, 2.24) is 10.2 Å². The Balaban J connectivity index is 1.80. The molecular formula is C14H26N2S. The van der Waals surface area contributed by atoms with Crippen molar-refractivity contribution in [1.29, 1.82) is 0 Å². The molecule has 0 amide bonds. The van der Waals surface area contributed by atoms with Crippen molar-refractivity contribution in [2.45, 2.75) is 33.2 Å². The Morgan fingerprint density at radius 1 is 1.47 bits per heavy atom. The van der Waals surface area contributed by atoms with Gasteiger partial charge in [-0.25, -0.2) is 0 Å². The molecule has 0 spiro atoms. The minimum atomic E-state index is 0.366. The van der Waals surface area contributed by atoms with Gasteiger partial charge < -0.3 is 5.32 Å². The van der Waals surface area contributed by atoms with E-state index >= 15 is 0 Å². The molecule has 0 saturated carbocycles. The number of hydrogen-bond acceptors (Lipinski definition) is 3. The summed E-state index contributed by atoms with van der Waals surface area (Å²) >= 11 is 2.09. The van der Waals surface area contributed by atoms with Crippen LogP contribution in [0, 0.1) is 5.41 Å². The molecule has 17 heavy (non-hydrogen) atoms. The molecule has 1 fully saturated rings. The molecule has 0 radical (unpaired) electrons. The predicted octanol–water partition coefficient (Wildman–Crippen LogP) is 2.37. The zero-order valence-electron chi connectivity index (χ0n) is 11.5. The van der Waals surface area contributed by atoms with Crippen LogP contribution in [-0.2, 0) is 0 Å².